The third kappa shape index (κ3) is 9.19. The van der Waals surface area contributed by atoms with E-state index < -0.39 is 0 Å². The summed E-state index contributed by atoms with van der Waals surface area (Å²) in [5.41, 5.74) is 31.3. The van der Waals surface area contributed by atoms with E-state index >= 15 is 0 Å². The first kappa shape index (κ1) is 58.5. The fraction of sp³-hybridized carbons (Fsp3) is 0. The van der Waals surface area contributed by atoms with Gasteiger partial charge >= 0.3 is 0 Å². The molecule has 5 heteroatoms. The van der Waals surface area contributed by atoms with Crippen LogP contribution in [0.4, 0.5) is 34.1 Å². The Labute approximate surface area is 597 Å². The average Bonchev–Trinajstić information content (AvgIpc) is 1.07. The van der Waals surface area contributed by atoms with E-state index in [9.17, 15) is 0 Å². The van der Waals surface area contributed by atoms with Crippen molar-refractivity contribution in [3.63, 3.8) is 0 Å². The predicted octanol–water partition coefficient (Wildman–Crippen LogP) is 24.7. The SMILES string of the molecule is c1ccc(-c2cccc(-c3ccccc3)c2N2c3ccc(-c4ccc5oc6ccccc6c5c4)cc3B3c4ccc(-c5c6ccccc6c(-c6ccccc6)c6ccccc56)cc4N(c4c(-c5ccccc5)cccc4-c4ccccc4)c4cc(-n5c6ccccc6c6ccccc65)cc2c43)cc1. The van der Waals surface area contributed by atoms with Gasteiger partial charge in [0.15, 0.2) is 0 Å². The number of rotatable bonds is 10. The zero-order valence-corrected chi connectivity index (χ0v) is 56.1. The molecule has 103 heavy (non-hydrogen) atoms. The van der Waals surface area contributed by atoms with Crippen molar-refractivity contribution >= 4 is 123 Å². The summed E-state index contributed by atoms with van der Waals surface area (Å²) < 4.78 is 9.06. The van der Waals surface area contributed by atoms with Crippen molar-refractivity contribution in [2.24, 2.45) is 0 Å². The minimum atomic E-state index is -0.302. The highest BCUT2D eigenvalue weighted by Crippen LogP contribution is 2.55. The highest BCUT2D eigenvalue weighted by molar-refractivity contribution is 7.00. The second-order valence-corrected chi connectivity index (χ2v) is 27.3. The van der Waals surface area contributed by atoms with Gasteiger partial charge in [-0.05, 0) is 148 Å². The minimum Gasteiger partial charge on any atom is -0.456 e. The maximum atomic E-state index is 6.53. The maximum Gasteiger partial charge on any atom is 0.252 e. The Kier molecular flexibility index (Phi) is 13.4. The van der Waals surface area contributed by atoms with E-state index in [1.165, 1.54) is 65.4 Å². The Hall–Kier alpha value is -13.5. The van der Waals surface area contributed by atoms with Crippen LogP contribution in [0.15, 0.2) is 381 Å². The first-order chi connectivity index (χ1) is 51.1. The fourth-order valence-electron chi connectivity index (χ4n) is 17.4. The summed E-state index contributed by atoms with van der Waals surface area (Å²) in [4.78, 5) is 5.36. The van der Waals surface area contributed by atoms with Crippen LogP contribution in [0, 0.1) is 0 Å². The van der Waals surface area contributed by atoms with Crippen molar-refractivity contribution in [3.05, 3.63) is 376 Å². The molecule has 4 heterocycles. The van der Waals surface area contributed by atoms with E-state index in [1.807, 2.05) is 0 Å². The molecule has 2 aliphatic rings. The van der Waals surface area contributed by atoms with Crippen LogP contribution in [0.2, 0.25) is 0 Å². The lowest BCUT2D eigenvalue weighted by Crippen LogP contribution is -2.61. The largest absolute Gasteiger partial charge is 0.456 e. The first-order valence-electron chi connectivity index (χ1n) is 35.6. The van der Waals surface area contributed by atoms with Gasteiger partial charge in [-0.2, -0.15) is 0 Å². The second-order valence-electron chi connectivity index (χ2n) is 27.3. The lowest BCUT2D eigenvalue weighted by atomic mass is 9.33. The van der Waals surface area contributed by atoms with Crippen LogP contribution in [0.1, 0.15) is 0 Å². The van der Waals surface area contributed by atoms with Crippen molar-refractivity contribution in [1.29, 1.82) is 0 Å². The van der Waals surface area contributed by atoms with Crippen molar-refractivity contribution in [2.75, 3.05) is 9.80 Å². The number of furan rings is 1. The summed E-state index contributed by atoms with van der Waals surface area (Å²) in [5.74, 6) is 0. The molecule has 21 rings (SSSR count). The molecule has 19 aromatic rings. The summed E-state index contributed by atoms with van der Waals surface area (Å²) in [6, 6.07) is 140. The van der Waals surface area contributed by atoms with Crippen molar-refractivity contribution in [2.45, 2.75) is 0 Å². The van der Waals surface area contributed by atoms with Gasteiger partial charge in [-0.1, -0.05) is 322 Å². The molecule has 0 unspecified atom stereocenters. The lowest BCUT2D eigenvalue weighted by molar-refractivity contribution is 0.669. The monoisotopic (exact) mass is 1310 g/mol. The fourth-order valence-corrected chi connectivity index (χ4v) is 17.4. The highest BCUT2D eigenvalue weighted by Gasteiger charge is 2.46. The van der Waals surface area contributed by atoms with Gasteiger partial charge in [0.25, 0.3) is 6.71 Å². The number of fused-ring (bicyclic) bond motifs is 12. The van der Waals surface area contributed by atoms with Crippen LogP contribution in [0.25, 0.3) is 149 Å². The number of benzene rings is 17. The molecule has 0 saturated heterocycles. The van der Waals surface area contributed by atoms with Crippen LogP contribution in [-0.4, -0.2) is 11.3 Å². The summed E-state index contributed by atoms with van der Waals surface area (Å²) in [6.07, 6.45) is 0. The van der Waals surface area contributed by atoms with E-state index in [-0.39, 0.29) is 6.71 Å². The molecular formula is C98H62BN3O. The van der Waals surface area contributed by atoms with Gasteiger partial charge in [0, 0.05) is 66.5 Å². The zero-order chi connectivity index (χ0) is 67.6. The molecule has 0 saturated carbocycles. The van der Waals surface area contributed by atoms with Gasteiger partial charge in [-0.15, -0.1) is 0 Å². The van der Waals surface area contributed by atoms with Gasteiger partial charge in [0.05, 0.1) is 28.1 Å². The molecule has 0 N–H and O–H groups in total. The second kappa shape index (κ2) is 23.6. The minimum absolute atomic E-state index is 0.302. The molecule has 4 nitrogen and oxygen atoms in total. The molecule has 0 atom stereocenters. The van der Waals surface area contributed by atoms with Gasteiger partial charge in [-0.25, -0.2) is 0 Å². The Morgan fingerprint density at radius 2 is 0.612 bits per heavy atom. The van der Waals surface area contributed by atoms with Crippen molar-refractivity contribution in [3.8, 4) is 83.6 Å². The number of para-hydroxylation sites is 5. The van der Waals surface area contributed by atoms with Crippen molar-refractivity contribution < 1.29 is 4.42 Å². The number of anilines is 6. The van der Waals surface area contributed by atoms with Crippen molar-refractivity contribution in [1.82, 2.24) is 4.57 Å². The molecule has 2 aliphatic heterocycles. The average molecular weight is 1310 g/mol. The molecular weight excluding hydrogens is 1250 g/mol. The summed E-state index contributed by atoms with van der Waals surface area (Å²) in [6.45, 7) is -0.302. The standard InChI is InChI=1S/C98H62BN3O/c1-6-28-63(29-7-1)72-45-26-46-73(64-30-8-2-9-31-64)97(72)101-88-56-53-69(68-54-57-93-83(58-68)78-40-22-25-51-92(78)103-93)59-85(88)99-84-55-52-70(95-81-43-18-16-41-79(81)94(67-36-14-5-15-37-67)80-42-17-19-44-82(80)95)60-89(84)102(98-74(65-32-10-3-11-33-65)47-27-48-75(98)66-34-12-4-13-35-66)91-62-71(61-90(101)96(91)99)100-86-49-23-20-38-76(86)77-39-21-24-50-87(77)100/h1-62H. The predicted molar refractivity (Wildman–Crippen MR) is 435 cm³/mol. The number of nitrogens with zero attached hydrogens (tertiary/aromatic N) is 3. The molecule has 478 valence electrons. The number of aromatic nitrogens is 1. The van der Waals surface area contributed by atoms with E-state index in [0.29, 0.717) is 0 Å². The molecule has 0 aliphatic carbocycles. The van der Waals surface area contributed by atoms with E-state index in [4.69, 9.17) is 4.42 Å². The summed E-state index contributed by atoms with van der Waals surface area (Å²) >= 11 is 0. The summed E-state index contributed by atoms with van der Waals surface area (Å²) in [5, 5.41) is 9.42. The highest BCUT2D eigenvalue weighted by atomic mass is 16.3. The zero-order valence-electron chi connectivity index (χ0n) is 56.1. The molecule has 0 bridgehead atoms. The van der Waals surface area contributed by atoms with Gasteiger partial charge in [0.1, 0.15) is 11.2 Å². The molecule has 2 aromatic heterocycles. The van der Waals surface area contributed by atoms with Crippen LogP contribution < -0.4 is 26.2 Å². The van der Waals surface area contributed by atoms with Crippen LogP contribution >= 0.6 is 0 Å². The van der Waals surface area contributed by atoms with Crippen LogP contribution in [0.5, 0.6) is 0 Å². The molecule has 0 radical (unpaired) electrons. The molecule has 0 spiro atoms. The van der Waals surface area contributed by atoms with E-state index in [0.717, 1.165) is 134 Å². The maximum absolute atomic E-state index is 6.53. The molecule has 0 fully saturated rings. The van der Waals surface area contributed by atoms with Gasteiger partial charge in [0.2, 0.25) is 0 Å². The lowest BCUT2D eigenvalue weighted by Gasteiger charge is -2.46. The molecule has 17 aromatic carbocycles. The Morgan fingerprint density at radius 3 is 1.12 bits per heavy atom. The van der Waals surface area contributed by atoms with Gasteiger partial charge < -0.3 is 18.8 Å². The third-order valence-corrected chi connectivity index (χ3v) is 21.7. The van der Waals surface area contributed by atoms with E-state index in [2.05, 4.69) is 390 Å². The topological polar surface area (TPSA) is 24.6 Å². The number of hydrogen-bond acceptors (Lipinski definition) is 3. The van der Waals surface area contributed by atoms with Crippen LogP contribution in [-0.2, 0) is 0 Å². The normalized spacial score (nSPS) is 12.4. The number of hydrogen-bond donors (Lipinski definition) is 0. The first-order valence-corrected chi connectivity index (χ1v) is 35.6. The van der Waals surface area contributed by atoms with E-state index in [1.54, 1.807) is 0 Å². The van der Waals surface area contributed by atoms with Crippen LogP contribution in [0.3, 0.4) is 0 Å². The molecule has 0 amide bonds. The Balaban J connectivity index is 0.948. The van der Waals surface area contributed by atoms with Gasteiger partial charge in [-0.3, -0.25) is 0 Å². The Morgan fingerprint density at radius 1 is 0.223 bits per heavy atom. The summed E-state index contributed by atoms with van der Waals surface area (Å²) in [7, 11) is 0. The quantitative estimate of drug-likeness (QED) is 0.101. The third-order valence-electron chi connectivity index (χ3n) is 21.7. The smallest absolute Gasteiger partial charge is 0.252 e. The Bertz CT molecular complexity index is 6400.